The van der Waals surface area contributed by atoms with E-state index in [9.17, 15) is 4.79 Å². The first-order chi connectivity index (χ1) is 15.1. The zero-order valence-electron chi connectivity index (χ0n) is 17.4. The molecule has 5 nitrogen and oxygen atoms in total. The van der Waals surface area contributed by atoms with Crippen LogP contribution in [0.4, 0.5) is 0 Å². The predicted molar refractivity (Wildman–Crippen MR) is 120 cm³/mol. The van der Waals surface area contributed by atoms with Crippen LogP contribution >= 0.6 is 0 Å². The van der Waals surface area contributed by atoms with Crippen LogP contribution in [0.15, 0.2) is 85.2 Å². The monoisotopic (exact) mass is 412 g/mol. The van der Waals surface area contributed by atoms with E-state index in [0.717, 1.165) is 22.5 Å². The quantitative estimate of drug-likeness (QED) is 0.425. The van der Waals surface area contributed by atoms with Crippen molar-refractivity contribution in [3.8, 4) is 11.1 Å². The third-order valence-corrected chi connectivity index (χ3v) is 5.28. The fraction of sp³-hybridized carbons (Fsp3) is 0.154. The van der Waals surface area contributed by atoms with Gasteiger partial charge < -0.3 is 14.4 Å². The molecule has 0 atom stereocenters. The van der Waals surface area contributed by atoms with Gasteiger partial charge in [0.25, 0.3) is 0 Å². The van der Waals surface area contributed by atoms with Gasteiger partial charge in [-0.25, -0.2) is 9.78 Å². The van der Waals surface area contributed by atoms with Gasteiger partial charge in [0, 0.05) is 6.54 Å². The van der Waals surface area contributed by atoms with Crippen LogP contribution < -0.4 is 0 Å². The molecule has 0 amide bonds. The molecule has 1 heterocycles. The molecule has 0 unspecified atom stereocenters. The molecule has 1 aromatic heterocycles. The average Bonchev–Trinajstić information content (AvgIpc) is 3.14. The molecular formula is C26H24N2O3. The summed E-state index contributed by atoms with van der Waals surface area (Å²) in [7, 11) is 0. The third kappa shape index (κ3) is 5.08. The van der Waals surface area contributed by atoms with Crippen molar-refractivity contribution in [3.05, 3.63) is 113 Å². The molecule has 0 radical (unpaired) electrons. The molecule has 156 valence electrons. The van der Waals surface area contributed by atoms with Crippen LogP contribution in [0.2, 0.25) is 0 Å². The summed E-state index contributed by atoms with van der Waals surface area (Å²) in [5, 5.41) is 9.05. The Morgan fingerprint density at radius 2 is 1.52 bits per heavy atom. The molecule has 0 bridgehead atoms. The second-order valence-corrected chi connectivity index (χ2v) is 7.46. The van der Waals surface area contributed by atoms with Gasteiger partial charge in [0.05, 0.1) is 36.5 Å². The third-order valence-electron chi connectivity index (χ3n) is 5.28. The summed E-state index contributed by atoms with van der Waals surface area (Å²) in [5.74, 6) is -0.920. The highest BCUT2D eigenvalue weighted by Gasteiger charge is 2.09. The van der Waals surface area contributed by atoms with Crippen molar-refractivity contribution in [1.82, 2.24) is 9.55 Å². The van der Waals surface area contributed by atoms with Crippen molar-refractivity contribution >= 4 is 5.97 Å². The van der Waals surface area contributed by atoms with E-state index in [1.807, 2.05) is 41.8 Å². The van der Waals surface area contributed by atoms with E-state index in [-0.39, 0.29) is 5.56 Å². The van der Waals surface area contributed by atoms with Crippen molar-refractivity contribution in [3.63, 3.8) is 0 Å². The number of aromatic nitrogens is 2. The number of nitrogens with zero attached hydrogens (tertiary/aromatic N) is 2. The van der Waals surface area contributed by atoms with Gasteiger partial charge in [-0.3, -0.25) is 0 Å². The highest BCUT2D eigenvalue weighted by molar-refractivity contribution is 5.87. The largest absolute Gasteiger partial charge is 0.478 e. The van der Waals surface area contributed by atoms with Gasteiger partial charge in [0.15, 0.2) is 0 Å². The number of aromatic carboxylic acids is 1. The van der Waals surface area contributed by atoms with Crippen molar-refractivity contribution in [2.24, 2.45) is 0 Å². The Kier molecular flexibility index (Phi) is 6.24. The van der Waals surface area contributed by atoms with Crippen LogP contribution in [-0.2, 0) is 24.5 Å². The number of rotatable bonds is 8. The van der Waals surface area contributed by atoms with Crippen LogP contribution in [0.1, 0.15) is 32.9 Å². The number of hydrogen-bond donors (Lipinski definition) is 1. The lowest BCUT2D eigenvalue weighted by Crippen LogP contribution is -2.07. The number of carboxylic acid groups (broad SMARTS) is 1. The summed E-state index contributed by atoms with van der Waals surface area (Å²) in [6.07, 6.45) is 1.80. The van der Waals surface area contributed by atoms with Crippen LogP contribution in [0.25, 0.3) is 11.1 Å². The number of carbonyl (C=O) groups is 1. The van der Waals surface area contributed by atoms with E-state index in [0.29, 0.717) is 19.8 Å². The topological polar surface area (TPSA) is 64.4 Å². The lowest BCUT2D eigenvalue weighted by atomic mass is 10.0. The summed E-state index contributed by atoms with van der Waals surface area (Å²) in [4.78, 5) is 15.4. The lowest BCUT2D eigenvalue weighted by molar-refractivity contribution is 0.0697. The number of hydrogen-bond acceptors (Lipinski definition) is 3. The molecule has 0 aliphatic heterocycles. The Morgan fingerprint density at radius 3 is 2.19 bits per heavy atom. The Labute approximate surface area is 181 Å². The van der Waals surface area contributed by atoms with Crippen molar-refractivity contribution in [1.29, 1.82) is 0 Å². The number of imidazole rings is 1. The molecule has 5 heteroatoms. The van der Waals surface area contributed by atoms with E-state index >= 15 is 0 Å². The molecule has 4 rings (SSSR count). The molecule has 1 N–H and O–H groups in total. The fourth-order valence-electron chi connectivity index (χ4n) is 3.47. The van der Waals surface area contributed by atoms with Crippen LogP contribution in [0.3, 0.4) is 0 Å². The minimum absolute atomic E-state index is 0.285. The first-order valence-corrected chi connectivity index (χ1v) is 10.1. The van der Waals surface area contributed by atoms with E-state index in [2.05, 4.69) is 41.4 Å². The molecule has 3 aromatic carbocycles. The van der Waals surface area contributed by atoms with Gasteiger partial charge in [-0.05, 0) is 41.3 Å². The maximum absolute atomic E-state index is 11.0. The van der Waals surface area contributed by atoms with Gasteiger partial charge >= 0.3 is 5.97 Å². The Balaban J connectivity index is 1.37. The first-order valence-electron chi connectivity index (χ1n) is 10.1. The van der Waals surface area contributed by atoms with E-state index in [1.54, 1.807) is 18.5 Å². The SMILES string of the molecule is Cc1ncn(Cc2ccc(C(=O)O)cc2)c1COCc1ccc(-c2ccccc2)cc1. The number of aryl methyl sites for hydroxylation is 1. The fourth-order valence-corrected chi connectivity index (χ4v) is 3.47. The Hall–Kier alpha value is -3.70. The lowest BCUT2D eigenvalue weighted by Gasteiger charge is -2.11. The molecule has 0 aliphatic rings. The molecular weight excluding hydrogens is 388 g/mol. The van der Waals surface area contributed by atoms with E-state index in [4.69, 9.17) is 9.84 Å². The standard InChI is InChI=1S/C26H24N2O3/c1-19-25(28(18-27-19)15-20-7-13-24(14-8-20)26(29)30)17-31-16-21-9-11-23(12-10-21)22-5-3-2-4-6-22/h2-14,18H,15-17H2,1H3,(H,29,30). The molecule has 0 saturated carbocycles. The zero-order chi connectivity index (χ0) is 21.6. The van der Waals surface area contributed by atoms with Crippen molar-refractivity contribution < 1.29 is 14.6 Å². The average molecular weight is 412 g/mol. The summed E-state index contributed by atoms with van der Waals surface area (Å²) >= 11 is 0. The summed E-state index contributed by atoms with van der Waals surface area (Å²) in [6, 6.07) is 25.6. The van der Waals surface area contributed by atoms with Gasteiger partial charge in [0.2, 0.25) is 0 Å². The normalized spacial score (nSPS) is 10.9. The zero-order valence-corrected chi connectivity index (χ0v) is 17.4. The minimum Gasteiger partial charge on any atom is -0.478 e. The maximum atomic E-state index is 11.0. The van der Waals surface area contributed by atoms with Gasteiger partial charge in [-0.15, -0.1) is 0 Å². The van der Waals surface area contributed by atoms with Crippen LogP contribution in [-0.4, -0.2) is 20.6 Å². The van der Waals surface area contributed by atoms with Crippen LogP contribution in [0.5, 0.6) is 0 Å². The number of carboxylic acids is 1. The van der Waals surface area contributed by atoms with Crippen molar-refractivity contribution in [2.45, 2.75) is 26.7 Å². The summed E-state index contributed by atoms with van der Waals surface area (Å²) < 4.78 is 8.03. The Bertz CT molecular complexity index is 1150. The highest BCUT2D eigenvalue weighted by atomic mass is 16.5. The van der Waals surface area contributed by atoms with Gasteiger partial charge in [-0.2, -0.15) is 0 Å². The van der Waals surface area contributed by atoms with Crippen molar-refractivity contribution in [2.75, 3.05) is 0 Å². The molecule has 31 heavy (non-hydrogen) atoms. The summed E-state index contributed by atoms with van der Waals surface area (Å²) in [5.41, 5.74) is 6.75. The predicted octanol–water partition coefficient (Wildman–Crippen LogP) is 5.32. The van der Waals surface area contributed by atoms with E-state index < -0.39 is 5.97 Å². The second kappa shape index (κ2) is 9.41. The Morgan fingerprint density at radius 1 is 0.871 bits per heavy atom. The van der Waals surface area contributed by atoms with Crippen LogP contribution in [0, 0.1) is 6.92 Å². The second-order valence-electron chi connectivity index (χ2n) is 7.46. The number of ether oxygens (including phenoxy) is 1. The van der Waals surface area contributed by atoms with E-state index in [1.165, 1.54) is 11.1 Å². The van der Waals surface area contributed by atoms with Gasteiger partial charge in [-0.1, -0.05) is 66.7 Å². The summed E-state index contributed by atoms with van der Waals surface area (Å²) in [6.45, 7) is 3.56. The highest BCUT2D eigenvalue weighted by Crippen LogP contribution is 2.20. The molecule has 4 aromatic rings. The molecule has 0 aliphatic carbocycles. The van der Waals surface area contributed by atoms with Gasteiger partial charge in [0.1, 0.15) is 0 Å². The molecule has 0 saturated heterocycles. The minimum atomic E-state index is -0.920. The number of benzene rings is 3. The molecule has 0 spiro atoms. The first kappa shape index (κ1) is 20.6. The molecule has 0 fully saturated rings. The maximum Gasteiger partial charge on any atom is 0.335 e. The smallest absolute Gasteiger partial charge is 0.335 e.